The molecule has 2 saturated carbocycles. The van der Waals surface area contributed by atoms with Gasteiger partial charge in [-0.2, -0.15) is 0 Å². The van der Waals surface area contributed by atoms with Crippen LogP contribution in [-0.4, -0.2) is 36.8 Å². The zero-order valence-corrected chi connectivity index (χ0v) is 63.9. The summed E-state index contributed by atoms with van der Waals surface area (Å²) < 4.78 is 29.5. The van der Waals surface area contributed by atoms with Gasteiger partial charge in [-0.05, 0) is 103 Å². The van der Waals surface area contributed by atoms with Gasteiger partial charge in [-0.25, -0.2) is 0 Å². The van der Waals surface area contributed by atoms with Crippen molar-refractivity contribution in [2.45, 2.75) is 78.8 Å². The predicted molar refractivity (Wildman–Crippen MR) is 351 cm³/mol. The third-order valence-corrected chi connectivity index (χ3v) is 152. The lowest BCUT2D eigenvalue weighted by molar-refractivity contribution is -0.284. The van der Waals surface area contributed by atoms with E-state index in [1.165, 1.54) is 11.1 Å². The number of fused-ring (bicyclic) bond motifs is 5. The summed E-state index contributed by atoms with van der Waals surface area (Å²) in [5.41, 5.74) is 1.29. The van der Waals surface area contributed by atoms with E-state index in [0.29, 0.717) is 14.6 Å². The number of hydrogen-bond acceptors (Lipinski definition) is 5. The molecule has 0 amide bonds. The molecule has 0 aromatic rings. The maximum absolute atomic E-state index is 16.6. The van der Waals surface area contributed by atoms with Crippen LogP contribution in [0.4, 0.5) is 0 Å². The second-order valence-electron chi connectivity index (χ2n) is 15.3. The van der Waals surface area contributed by atoms with Crippen molar-refractivity contribution in [3.8, 4) is 0 Å². The van der Waals surface area contributed by atoms with Crippen molar-refractivity contribution in [2.24, 2.45) is 34.0 Å². The normalized spacial score (nSPS) is 35.6. The van der Waals surface area contributed by atoms with E-state index in [-0.39, 0.29) is 87.6 Å². The molecule has 332 valence electrons. The van der Waals surface area contributed by atoms with Crippen LogP contribution < -0.4 is 0 Å². The van der Waals surface area contributed by atoms with E-state index in [1.807, 2.05) is 0 Å². The van der Waals surface area contributed by atoms with E-state index in [2.05, 4.69) is 184 Å². The van der Waals surface area contributed by atoms with Crippen LogP contribution in [-0.2, 0) is 23.1 Å². The Balaban J connectivity index is 2.06. The van der Waals surface area contributed by atoms with Crippen molar-refractivity contribution in [1.29, 1.82) is 0 Å². The highest BCUT2D eigenvalue weighted by Crippen LogP contribution is 3.18. The summed E-state index contributed by atoms with van der Waals surface area (Å²) in [5, 5.41) is 0. The topological polar surface area (TPSA) is 54.0 Å². The largest absolute Gasteiger partial charge is 0.377 e. The standard InChI is InChI=1S/C22H64O5P30/c1-10-12-7-13(25-47(55(43)51(35)36)57(53(39)40)54(41)42)11(2)16(20(12,3)4)17(27-46(50(33)34)56(44-28)52(37)38)19(23)22(6)15(26-45(48(29)30)49(31)32)8-14-21(5,9-24-14)18(10)22/h10,12-15,17-18,44H,7-9,28-43H2,1-6H3/t10-,12?,13+,14-,15+,17-,18-,21-,22-,46?,47?,55?,56?/m1/s1. The minimum absolute atomic E-state index is 0.0593. The van der Waals surface area contributed by atoms with Crippen molar-refractivity contribution >= 4 is 249 Å². The first kappa shape index (κ1) is 61.7. The maximum Gasteiger partial charge on any atom is 0.174 e. The van der Waals surface area contributed by atoms with Crippen molar-refractivity contribution in [2.75, 3.05) is 6.61 Å². The monoisotopic (exact) mass is 1340 g/mol. The van der Waals surface area contributed by atoms with Crippen LogP contribution in [0, 0.1) is 34.0 Å². The van der Waals surface area contributed by atoms with Gasteiger partial charge in [0.2, 0.25) is 0 Å². The second-order valence-corrected chi connectivity index (χ2v) is 122. The second kappa shape index (κ2) is 26.8. The third-order valence-electron chi connectivity index (χ3n) is 11.7. The Morgan fingerprint density at radius 1 is 0.702 bits per heavy atom. The third kappa shape index (κ3) is 14.0. The van der Waals surface area contributed by atoms with Crippen LogP contribution in [0.15, 0.2) is 11.1 Å². The van der Waals surface area contributed by atoms with Gasteiger partial charge in [0, 0.05) is 32.8 Å². The minimum atomic E-state index is -0.913. The van der Waals surface area contributed by atoms with Gasteiger partial charge in [0.15, 0.2) is 5.78 Å². The number of hydrogen-bond donors (Lipinski definition) is 0. The molecule has 1 heterocycles. The molecular weight excluding hydrogens is 1270 g/mol. The summed E-state index contributed by atoms with van der Waals surface area (Å²) in [4.78, 5) is 16.6. The van der Waals surface area contributed by atoms with Gasteiger partial charge >= 0.3 is 0 Å². The molecular formula is C22H64O5P30. The Morgan fingerprint density at radius 3 is 1.67 bits per heavy atom. The smallest absolute Gasteiger partial charge is 0.174 e. The summed E-state index contributed by atoms with van der Waals surface area (Å²) in [5.74, 6) is 0.820. The van der Waals surface area contributed by atoms with Gasteiger partial charge in [0.25, 0.3) is 0 Å². The first-order valence-corrected chi connectivity index (χ1v) is 69.3. The van der Waals surface area contributed by atoms with E-state index in [4.69, 9.17) is 18.3 Å². The van der Waals surface area contributed by atoms with E-state index in [0.717, 1.165) is 12.8 Å². The fourth-order valence-electron chi connectivity index (χ4n) is 9.40. The number of ketones is 1. The summed E-state index contributed by atoms with van der Waals surface area (Å²) >= 11 is 0. The highest BCUT2D eigenvalue weighted by atomic mass is 33.2. The van der Waals surface area contributed by atoms with E-state index in [1.54, 1.807) is 0 Å². The van der Waals surface area contributed by atoms with Crippen molar-refractivity contribution in [3.63, 3.8) is 0 Å². The van der Waals surface area contributed by atoms with Crippen molar-refractivity contribution in [3.05, 3.63) is 11.1 Å². The van der Waals surface area contributed by atoms with Gasteiger partial charge in [0.05, 0.1) is 52.9 Å². The summed E-state index contributed by atoms with van der Waals surface area (Å²) in [7, 11) is 48.3. The Kier molecular flexibility index (Phi) is 29.0. The molecule has 4 rings (SSSR count). The van der Waals surface area contributed by atoms with Gasteiger partial charge in [0.1, 0.15) is 6.10 Å². The molecule has 0 N–H and O–H groups in total. The van der Waals surface area contributed by atoms with Gasteiger partial charge in [-0.3, -0.25) is 4.79 Å². The highest BCUT2D eigenvalue weighted by molar-refractivity contribution is 9.19. The number of carbonyl (C=O) groups is 1. The van der Waals surface area contributed by atoms with Crippen LogP contribution in [0.3, 0.4) is 0 Å². The fourth-order valence-corrected chi connectivity index (χ4v) is 204. The molecule has 30 atom stereocenters. The zero-order chi connectivity index (χ0) is 43.4. The quantitative estimate of drug-likeness (QED) is 0.107. The van der Waals surface area contributed by atoms with E-state index >= 15 is 4.79 Å². The number of Topliss-reactive ketones (excluding diaryl/α,β-unsaturated/α-hetero) is 1. The Labute approximate surface area is 398 Å². The fraction of sp³-hybridized carbons (Fsp3) is 0.864. The lowest BCUT2D eigenvalue weighted by Gasteiger charge is -2.68. The average molecular weight is 1340 g/mol. The molecule has 5 nitrogen and oxygen atoms in total. The molecule has 0 spiro atoms. The molecule has 4 aliphatic rings. The van der Waals surface area contributed by atoms with Crippen LogP contribution in [0.25, 0.3) is 0 Å². The van der Waals surface area contributed by atoms with Crippen LogP contribution in [0.5, 0.6) is 0 Å². The first-order valence-electron chi connectivity index (χ1n) is 17.2. The molecule has 2 bridgehead atoms. The average Bonchev–Trinajstić information content (AvgIpc) is 3.08. The highest BCUT2D eigenvalue weighted by Gasteiger charge is 2.71. The summed E-state index contributed by atoms with van der Waals surface area (Å²) in [6.45, 7) is 10.8. The first-order chi connectivity index (χ1) is 26.2. The Hall–Kier alpha value is 12.1. The summed E-state index contributed by atoms with van der Waals surface area (Å²) in [6.07, 6.45) is 0.807. The van der Waals surface area contributed by atoms with Gasteiger partial charge < -0.3 is 18.3 Å². The molecule has 1 saturated heterocycles. The molecule has 35 heteroatoms. The molecule has 3 fully saturated rings. The Morgan fingerprint density at radius 2 is 1.25 bits per heavy atom. The van der Waals surface area contributed by atoms with Gasteiger partial charge in [-0.15, -0.1) is 134 Å². The molecule has 1 aliphatic heterocycles. The zero-order valence-electron chi connectivity index (χ0n) is 32.8. The van der Waals surface area contributed by atoms with Crippen molar-refractivity contribution < 1.29 is 23.1 Å². The van der Waals surface area contributed by atoms with E-state index in [9.17, 15) is 0 Å². The van der Waals surface area contributed by atoms with E-state index < -0.39 is 69.0 Å². The van der Waals surface area contributed by atoms with Crippen LogP contribution in [0.1, 0.15) is 54.4 Å². The number of rotatable bonds is 17. The van der Waals surface area contributed by atoms with Gasteiger partial charge in [-0.1, -0.05) is 44.6 Å². The maximum atomic E-state index is 16.6. The number of carbonyl (C=O) groups excluding carboxylic acids is 1. The lowest BCUT2D eigenvalue weighted by atomic mass is 9.42. The minimum Gasteiger partial charge on any atom is -0.377 e. The lowest BCUT2D eigenvalue weighted by Crippen LogP contribution is -2.72. The Bertz CT molecular complexity index is 1410. The predicted octanol–water partition coefficient (Wildman–Crippen LogP) is 20.5. The number of ether oxygens (including phenoxy) is 1. The molecule has 22 unspecified atom stereocenters. The van der Waals surface area contributed by atoms with Crippen molar-refractivity contribution in [1.82, 2.24) is 0 Å². The molecule has 57 heavy (non-hydrogen) atoms. The molecule has 0 aromatic heterocycles. The van der Waals surface area contributed by atoms with Crippen LogP contribution in [0.2, 0.25) is 0 Å². The summed E-state index contributed by atoms with van der Waals surface area (Å²) in [6, 6.07) is 0. The SMILES string of the molecule is CC1=C2[C@@H](OP(P(P)P)P(PP)P(P)P)C(=O)[C@]3(C)[C@@H](OP(P(P)P)P(P)P)C[C@H]4OC[C@@]4(C)[C@H]3[C@H](C)C(C[C@@H]1OP(P(P)P(P)P)P(P(P)P)P(P)P)C2(C)C. The van der Waals surface area contributed by atoms with Crippen LogP contribution >= 0.6 is 243 Å². The molecule has 3 aliphatic carbocycles. The molecule has 0 radical (unpaired) electrons. The molecule has 0 aromatic carbocycles.